The van der Waals surface area contributed by atoms with Crippen molar-refractivity contribution in [1.82, 2.24) is 4.90 Å². The first kappa shape index (κ1) is 20.6. The van der Waals surface area contributed by atoms with E-state index in [0.717, 1.165) is 16.7 Å². The van der Waals surface area contributed by atoms with Crippen LogP contribution in [0.15, 0.2) is 121 Å². The minimum absolute atomic E-state index is 0.116. The van der Waals surface area contributed by atoms with Crippen molar-refractivity contribution in [2.45, 2.75) is 12.1 Å². The fraction of sp³-hybridized carbons (Fsp3) is 0.107. The van der Waals surface area contributed by atoms with Crippen molar-refractivity contribution in [3.63, 3.8) is 0 Å². The standard InChI is InChI=1S/C28H25NO2/c30-27(24-15-7-2-8-16-24)29(21-23-13-5-1-6-14-23)22-28(31,25-17-9-3-10-18-25)26-19-11-4-12-20-26/h1-20,31H,21-22H2. The highest BCUT2D eigenvalue weighted by Crippen LogP contribution is 2.31. The smallest absolute Gasteiger partial charge is 0.254 e. The molecule has 1 N–H and O–H groups in total. The molecule has 31 heavy (non-hydrogen) atoms. The van der Waals surface area contributed by atoms with Crippen LogP contribution in [0.2, 0.25) is 0 Å². The third kappa shape index (κ3) is 4.73. The zero-order valence-corrected chi connectivity index (χ0v) is 17.3. The summed E-state index contributed by atoms with van der Waals surface area (Å²) in [6.45, 7) is 0.528. The molecule has 0 aromatic heterocycles. The van der Waals surface area contributed by atoms with Crippen LogP contribution in [0.25, 0.3) is 0 Å². The third-order valence-electron chi connectivity index (χ3n) is 5.45. The average Bonchev–Trinajstić information content (AvgIpc) is 2.85. The van der Waals surface area contributed by atoms with Crippen molar-refractivity contribution in [2.75, 3.05) is 6.54 Å². The molecule has 0 radical (unpaired) electrons. The van der Waals surface area contributed by atoms with E-state index in [-0.39, 0.29) is 12.5 Å². The van der Waals surface area contributed by atoms with Crippen molar-refractivity contribution in [1.29, 1.82) is 0 Å². The molecule has 4 rings (SSSR count). The Morgan fingerprint density at radius 3 is 1.55 bits per heavy atom. The van der Waals surface area contributed by atoms with Gasteiger partial charge in [-0.2, -0.15) is 0 Å². The second-order valence-electron chi connectivity index (χ2n) is 7.61. The first-order valence-corrected chi connectivity index (χ1v) is 10.4. The van der Waals surface area contributed by atoms with Gasteiger partial charge in [-0.25, -0.2) is 0 Å². The normalized spacial score (nSPS) is 11.1. The van der Waals surface area contributed by atoms with E-state index in [0.29, 0.717) is 12.1 Å². The summed E-state index contributed by atoms with van der Waals surface area (Å²) < 4.78 is 0. The molecular formula is C28H25NO2. The summed E-state index contributed by atoms with van der Waals surface area (Å²) in [4.78, 5) is 15.2. The number of rotatable bonds is 7. The van der Waals surface area contributed by atoms with Gasteiger partial charge in [0, 0.05) is 12.1 Å². The zero-order valence-electron chi connectivity index (χ0n) is 17.3. The molecule has 0 saturated heterocycles. The van der Waals surface area contributed by atoms with Gasteiger partial charge in [0.25, 0.3) is 5.91 Å². The van der Waals surface area contributed by atoms with Gasteiger partial charge in [-0.1, -0.05) is 109 Å². The molecule has 3 nitrogen and oxygen atoms in total. The van der Waals surface area contributed by atoms with Crippen molar-refractivity contribution >= 4 is 5.91 Å². The Hall–Kier alpha value is -3.69. The van der Waals surface area contributed by atoms with Gasteiger partial charge >= 0.3 is 0 Å². The molecule has 0 aliphatic carbocycles. The molecule has 0 aliphatic rings. The maximum absolute atomic E-state index is 13.5. The van der Waals surface area contributed by atoms with Crippen LogP contribution >= 0.6 is 0 Å². The van der Waals surface area contributed by atoms with Gasteiger partial charge in [-0.15, -0.1) is 0 Å². The summed E-state index contributed by atoms with van der Waals surface area (Å²) in [6.07, 6.45) is 0. The highest BCUT2D eigenvalue weighted by molar-refractivity contribution is 5.94. The lowest BCUT2D eigenvalue weighted by Gasteiger charge is -2.35. The Morgan fingerprint density at radius 2 is 1.06 bits per heavy atom. The molecule has 0 fully saturated rings. The lowest BCUT2D eigenvalue weighted by atomic mass is 9.85. The summed E-state index contributed by atoms with van der Waals surface area (Å²) >= 11 is 0. The minimum Gasteiger partial charge on any atom is -0.379 e. The van der Waals surface area contributed by atoms with Crippen molar-refractivity contribution in [2.24, 2.45) is 0 Å². The first-order chi connectivity index (χ1) is 15.2. The van der Waals surface area contributed by atoms with E-state index in [2.05, 4.69) is 0 Å². The van der Waals surface area contributed by atoms with Crippen molar-refractivity contribution in [3.05, 3.63) is 144 Å². The Bertz CT molecular complexity index is 1060. The highest BCUT2D eigenvalue weighted by atomic mass is 16.3. The summed E-state index contributed by atoms with van der Waals surface area (Å²) in [6, 6.07) is 38.2. The molecule has 0 heterocycles. The maximum Gasteiger partial charge on any atom is 0.254 e. The van der Waals surface area contributed by atoms with Gasteiger partial charge < -0.3 is 10.0 Å². The third-order valence-corrected chi connectivity index (χ3v) is 5.45. The number of benzene rings is 4. The quantitative estimate of drug-likeness (QED) is 0.454. The average molecular weight is 408 g/mol. The van der Waals surface area contributed by atoms with Crippen LogP contribution in [0.5, 0.6) is 0 Å². The highest BCUT2D eigenvalue weighted by Gasteiger charge is 2.35. The fourth-order valence-corrected chi connectivity index (χ4v) is 3.82. The van der Waals surface area contributed by atoms with Gasteiger partial charge in [0.2, 0.25) is 0 Å². The van der Waals surface area contributed by atoms with Crippen molar-refractivity contribution < 1.29 is 9.90 Å². The van der Waals surface area contributed by atoms with E-state index < -0.39 is 5.60 Å². The predicted octanol–water partition coefficient (Wildman–Crippen LogP) is 5.27. The van der Waals surface area contributed by atoms with Gasteiger partial charge in [-0.05, 0) is 28.8 Å². The molecule has 0 bridgehead atoms. The van der Waals surface area contributed by atoms with Gasteiger partial charge in [0.15, 0.2) is 0 Å². The first-order valence-electron chi connectivity index (χ1n) is 10.4. The van der Waals surface area contributed by atoms with Gasteiger partial charge in [-0.3, -0.25) is 4.79 Å². The van der Waals surface area contributed by atoms with Gasteiger partial charge in [0.1, 0.15) is 5.60 Å². The van der Waals surface area contributed by atoms with Crippen LogP contribution < -0.4 is 0 Å². The molecule has 0 aliphatic heterocycles. The zero-order chi connectivity index (χ0) is 21.5. The second-order valence-corrected chi connectivity index (χ2v) is 7.61. The summed E-state index contributed by atoms with van der Waals surface area (Å²) in [5.41, 5.74) is 1.76. The SMILES string of the molecule is O=C(c1ccccc1)N(Cc1ccccc1)CC(O)(c1ccccc1)c1ccccc1. The van der Waals surface area contributed by atoms with Crippen LogP contribution in [0.1, 0.15) is 27.0 Å². The van der Waals surface area contributed by atoms with Crippen LogP contribution in [-0.2, 0) is 12.1 Å². The van der Waals surface area contributed by atoms with E-state index in [4.69, 9.17) is 0 Å². The van der Waals surface area contributed by atoms with Crippen LogP contribution in [0, 0.1) is 0 Å². The molecular weight excluding hydrogens is 382 g/mol. The molecule has 3 heteroatoms. The second kappa shape index (κ2) is 9.41. The van der Waals surface area contributed by atoms with E-state index in [1.165, 1.54) is 0 Å². The predicted molar refractivity (Wildman–Crippen MR) is 124 cm³/mol. The van der Waals surface area contributed by atoms with Crippen LogP contribution in [0.3, 0.4) is 0 Å². The Labute approximate surface area is 183 Å². The molecule has 0 saturated carbocycles. The lowest BCUT2D eigenvalue weighted by Crippen LogP contribution is -2.44. The van der Waals surface area contributed by atoms with E-state index in [1.54, 1.807) is 4.90 Å². The molecule has 0 spiro atoms. The van der Waals surface area contributed by atoms with Crippen LogP contribution in [0.4, 0.5) is 0 Å². The summed E-state index contributed by atoms with van der Waals surface area (Å²) in [5.74, 6) is -0.116. The van der Waals surface area contributed by atoms with Gasteiger partial charge in [0.05, 0.1) is 6.54 Å². The molecule has 4 aromatic carbocycles. The lowest BCUT2D eigenvalue weighted by molar-refractivity contribution is 0.0275. The number of amides is 1. The van der Waals surface area contributed by atoms with Crippen LogP contribution in [-0.4, -0.2) is 22.5 Å². The number of carbonyl (C=O) groups is 1. The number of nitrogens with zero attached hydrogens (tertiary/aromatic N) is 1. The van der Waals surface area contributed by atoms with E-state index >= 15 is 0 Å². The molecule has 154 valence electrons. The Balaban J connectivity index is 1.76. The molecule has 0 atom stereocenters. The number of hydrogen-bond donors (Lipinski definition) is 1. The van der Waals surface area contributed by atoms with E-state index in [9.17, 15) is 9.90 Å². The number of aliphatic hydroxyl groups is 1. The topological polar surface area (TPSA) is 40.5 Å². The monoisotopic (exact) mass is 407 g/mol. The summed E-state index contributed by atoms with van der Waals surface area (Å²) in [7, 11) is 0. The number of carbonyl (C=O) groups excluding carboxylic acids is 1. The molecule has 1 amide bonds. The Morgan fingerprint density at radius 1 is 0.645 bits per heavy atom. The minimum atomic E-state index is -1.35. The fourth-order valence-electron chi connectivity index (χ4n) is 3.82. The molecule has 4 aromatic rings. The molecule has 0 unspecified atom stereocenters. The largest absolute Gasteiger partial charge is 0.379 e. The van der Waals surface area contributed by atoms with Crippen molar-refractivity contribution in [3.8, 4) is 0 Å². The van der Waals surface area contributed by atoms with E-state index in [1.807, 2.05) is 121 Å². The number of hydrogen-bond acceptors (Lipinski definition) is 2. The Kier molecular flexibility index (Phi) is 6.25. The summed E-state index contributed by atoms with van der Waals surface area (Å²) in [5, 5.41) is 12.0. The maximum atomic E-state index is 13.5.